The van der Waals surface area contributed by atoms with E-state index in [2.05, 4.69) is 188 Å². The highest BCUT2D eigenvalue weighted by Crippen LogP contribution is 2.49. The van der Waals surface area contributed by atoms with Crippen molar-refractivity contribution >= 4 is 107 Å². The van der Waals surface area contributed by atoms with Crippen molar-refractivity contribution < 1.29 is 4.42 Å². The average molecular weight is 753 g/mol. The number of benzene rings is 11. The zero-order valence-electron chi connectivity index (χ0n) is 31.3. The summed E-state index contributed by atoms with van der Waals surface area (Å²) in [5.41, 5.74) is 9.43. The third-order valence-electron chi connectivity index (χ3n) is 12.5. The molecule has 2 aromatic heterocycles. The predicted molar refractivity (Wildman–Crippen MR) is 250 cm³/mol. The first-order chi connectivity index (χ1) is 28.8. The fraction of sp³-hybridized carbons (Fsp3) is 0. The van der Waals surface area contributed by atoms with Gasteiger partial charge in [-0.3, -0.25) is 0 Å². The summed E-state index contributed by atoms with van der Waals surface area (Å²) in [6, 6.07) is 71.5. The molecule has 13 aromatic rings. The Labute approximate surface area is 337 Å². The molecule has 13 rings (SSSR count). The zero-order valence-corrected chi connectivity index (χ0v) is 32.1. The average Bonchev–Trinajstić information content (AvgIpc) is 3.86. The number of fused-ring (bicyclic) bond motifs is 13. The van der Waals surface area contributed by atoms with Crippen molar-refractivity contribution in [3.63, 3.8) is 0 Å². The van der Waals surface area contributed by atoms with Crippen LogP contribution < -0.4 is 0 Å². The summed E-state index contributed by atoms with van der Waals surface area (Å²) in [7, 11) is 0. The van der Waals surface area contributed by atoms with Crippen molar-refractivity contribution in [2.75, 3.05) is 0 Å². The van der Waals surface area contributed by atoms with Gasteiger partial charge in [-0.2, -0.15) is 0 Å². The van der Waals surface area contributed by atoms with E-state index < -0.39 is 0 Å². The van der Waals surface area contributed by atoms with Crippen molar-refractivity contribution in [2.45, 2.75) is 0 Å². The summed E-state index contributed by atoms with van der Waals surface area (Å²) in [6.07, 6.45) is 0. The molecule has 2 heteroatoms. The molecule has 0 aliphatic heterocycles. The second kappa shape index (κ2) is 12.1. The number of thiophene rings is 1. The summed E-state index contributed by atoms with van der Waals surface area (Å²) in [6.45, 7) is 0. The molecule has 0 N–H and O–H groups in total. The molecule has 0 bridgehead atoms. The molecule has 2 heterocycles. The maximum absolute atomic E-state index is 6.34. The lowest BCUT2D eigenvalue weighted by Crippen LogP contribution is -1.93. The Balaban J connectivity index is 1.04. The SMILES string of the molecule is c1ccc2c(-c3c4ccccc4c(-c4ccc(-c5ccc6sc7c(ccc8ccc9oc%10ccccc%10c9c87)c6c5)c5ccccc45)c4ccccc34)cccc2c1. The van der Waals surface area contributed by atoms with Gasteiger partial charge in [0.2, 0.25) is 0 Å². The van der Waals surface area contributed by atoms with Crippen LogP contribution in [0.2, 0.25) is 0 Å². The molecule has 11 aromatic carbocycles. The number of rotatable bonds is 3. The lowest BCUT2D eigenvalue weighted by atomic mass is 9.83. The number of hydrogen-bond donors (Lipinski definition) is 0. The van der Waals surface area contributed by atoms with Crippen molar-refractivity contribution in [3.05, 3.63) is 194 Å². The van der Waals surface area contributed by atoms with Crippen LogP contribution in [-0.4, -0.2) is 0 Å². The molecule has 0 radical (unpaired) electrons. The van der Waals surface area contributed by atoms with Gasteiger partial charge in [-0.25, -0.2) is 0 Å². The molecular weight excluding hydrogens is 721 g/mol. The highest BCUT2D eigenvalue weighted by molar-refractivity contribution is 7.26. The van der Waals surface area contributed by atoms with Crippen LogP contribution >= 0.6 is 11.3 Å². The third kappa shape index (κ3) is 4.46. The zero-order chi connectivity index (χ0) is 37.9. The van der Waals surface area contributed by atoms with Gasteiger partial charge in [-0.05, 0) is 106 Å². The van der Waals surface area contributed by atoms with Gasteiger partial charge in [-0.1, -0.05) is 170 Å². The van der Waals surface area contributed by atoms with E-state index in [1.54, 1.807) is 0 Å². The highest BCUT2D eigenvalue weighted by Gasteiger charge is 2.21. The molecule has 58 heavy (non-hydrogen) atoms. The van der Waals surface area contributed by atoms with Crippen LogP contribution in [-0.2, 0) is 0 Å². The number of para-hydroxylation sites is 1. The van der Waals surface area contributed by atoms with Crippen LogP contribution in [0.25, 0.3) is 129 Å². The first-order valence-electron chi connectivity index (χ1n) is 19.9. The van der Waals surface area contributed by atoms with Gasteiger partial charge in [0.1, 0.15) is 11.2 Å². The van der Waals surface area contributed by atoms with E-state index in [0.29, 0.717) is 0 Å². The van der Waals surface area contributed by atoms with E-state index >= 15 is 0 Å². The second-order valence-corrected chi connectivity index (χ2v) is 16.5. The second-order valence-electron chi connectivity index (χ2n) is 15.5. The molecule has 0 aliphatic rings. The summed E-state index contributed by atoms with van der Waals surface area (Å²) in [5.74, 6) is 0. The Hall–Kier alpha value is -7.26. The normalized spacial score (nSPS) is 12.1. The van der Waals surface area contributed by atoms with Gasteiger partial charge in [0, 0.05) is 36.3 Å². The topological polar surface area (TPSA) is 13.1 Å². The Morgan fingerprint density at radius 1 is 0.310 bits per heavy atom. The van der Waals surface area contributed by atoms with E-state index in [1.807, 2.05) is 17.4 Å². The molecule has 0 amide bonds. The Kier molecular flexibility index (Phi) is 6.66. The van der Waals surface area contributed by atoms with Gasteiger partial charge in [0.15, 0.2) is 0 Å². The first kappa shape index (κ1) is 31.9. The smallest absolute Gasteiger partial charge is 0.136 e. The molecule has 0 aliphatic carbocycles. The van der Waals surface area contributed by atoms with E-state index in [4.69, 9.17) is 4.42 Å². The summed E-state index contributed by atoms with van der Waals surface area (Å²) >= 11 is 1.89. The summed E-state index contributed by atoms with van der Waals surface area (Å²) in [4.78, 5) is 0. The van der Waals surface area contributed by atoms with Crippen LogP contribution in [0.1, 0.15) is 0 Å². The Bertz CT molecular complexity index is 3800. The van der Waals surface area contributed by atoms with Gasteiger partial charge < -0.3 is 4.42 Å². The fourth-order valence-corrected chi connectivity index (χ4v) is 11.2. The lowest BCUT2D eigenvalue weighted by molar-refractivity contribution is 0.669. The molecule has 268 valence electrons. The van der Waals surface area contributed by atoms with Crippen molar-refractivity contribution in [3.8, 4) is 33.4 Å². The molecule has 0 spiro atoms. The van der Waals surface area contributed by atoms with E-state index in [0.717, 1.165) is 11.2 Å². The van der Waals surface area contributed by atoms with Crippen molar-refractivity contribution in [1.29, 1.82) is 0 Å². The van der Waals surface area contributed by atoms with E-state index in [-0.39, 0.29) is 0 Å². The molecular formula is C56H32OS. The predicted octanol–water partition coefficient (Wildman–Crippen LogP) is 16.7. The van der Waals surface area contributed by atoms with Gasteiger partial charge in [-0.15, -0.1) is 11.3 Å². The van der Waals surface area contributed by atoms with E-state index in [1.165, 1.54) is 118 Å². The summed E-state index contributed by atoms with van der Waals surface area (Å²) < 4.78 is 8.94. The minimum Gasteiger partial charge on any atom is -0.456 e. The fourth-order valence-electron chi connectivity index (χ4n) is 9.95. The summed E-state index contributed by atoms with van der Waals surface area (Å²) in [5, 5.41) is 17.6. The molecule has 0 saturated carbocycles. The molecule has 0 unspecified atom stereocenters. The maximum Gasteiger partial charge on any atom is 0.136 e. The van der Waals surface area contributed by atoms with Crippen LogP contribution in [0.15, 0.2) is 199 Å². The van der Waals surface area contributed by atoms with E-state index in [9.17, 15) is 0 Å². The standard InChI is InChI=1S/C56H32OS/c1-2-14-36-33(12-1)13-11-22-40(36)53-41-17-5-7-19-43(41)54(44-20-8-6-18-42(44)53)45-29-28-37(38-15-3-4-16-39(38)45)35-26-31-51-48(32-35)46-27-24-34-25-30-50-55(52(34)56(46)58-51)47-21-9-10-23-49(47)57-50/h1-32H. The van der Waals surface area contributed by atoms with Gasteiger partial charge in [0.25, 0.3) is 0 Å². The molecule has 0 saturated heterocycles. The molecule has 1 nitrogen and oxygen atoms in total. The minimum atomic E-state index is 0.933. The van der Waals surface area contributed by atoms with Crippen LogP contribution in [0.4, 0.5) is 0 Å². The van der Waals surface area contributed by atoms with Gasteiger partial charge >= 0.3 is 0 Å². The molecule has 0 atom stereocenters. The largest absolute Gasteiger partial charge is 0.456 e. The Morgan fingerprint density at radius 2 is 0.879 bits per heavy atom. The lowest BCUT2D eigenvalue weighted by Gasteiger charge is -2.20. The third-order valence-corrected chi connectivity index (χ3v) is 13.7. The van der Waals surface area contributed by atoms with Crippen LogP contribution in [0, 0.1) is 0 Å². The molecule has 0 fully saturated rings. The quantitative estimate of drug-likeness (QED) is 0.164. The minimum absolute atomic E-state index is 0.933. The van der Waals surface area contributed by atoms with Crippen LogP contribution in [0.5, 0.6) is 0 Å². The van der Waals surface area contributed by atoms with Gasteiger partial charge in [0.05, 0.1) is 0 Å². The van der Waals surface area contributed by atoms with Crippen molar-refractivity contribution in [1.82, 2.24) is 0 Å². The van der Waals surface area contributed by atoms with Crippen molar-refractivity contribution in [2.24, 2.45) is 0 Å². The Morgan fingerprint density at radius 3 is 1.62 bits per heavy atom. The number of hydrogen-bond acceptors (Lipinski definition) is 2. The monoisotopic (exact) mass is 752 g/mol. The number of furan rings is 1. The first-order valence-corrected chi connectivity index (χ1v) is 20.7. The van der Waals surface area contributed by atoms with Crippen LogP contribution in [0.3, 0.4) is 0 Å². The highest BCUT2D eigenvalue weighted by atomic mass is 32.1. The maximum atomic E-state index is 6.34.